The number of hydrogen-bond acceptors (Lipinski definition) is 3. The zero-order valence-electron chi connectivity index (χ0n) is 13.5. The number of carbonyl (C=O) groups excluding carboxylic acids is 2. The Hall–Kier alpha value is -1.92. The van der Waals surface area contributed by atoms with Crippen LogP contribution in [0.1, 0.15) is 65.0 Å². The van der Waals surface area contributed by atoms with Gasteiger partial charge in [0.05, 0.1) is 11.1 Å². The minimum absolute atomic E-state index is 0.0684. The van der Waals surface area contributed by atoms with Gasteiger partial charge in [-0.2, -0.15) is 0 Å². The van der Waals surface area contributed by atoms with Crippen LogP contribution in [0.5, 0.6) is 0 Å². The molecule has 0 aromatic carbocycles. The predicted octanol–water partition coefficient (Wildman–Crippen LogP) is 2.90. The first-order valence-corrected chi connectivity index (χ1v) is 8.51. The standard InChI is InChI=1S/C17H22F2N2O3/c18-17(19)6-3-11(4-7-17)5-9-21-15(22)12-10-24-13-2-1-8-20-16(23)14(12)13/h10-11H,1-9H2,(H,20,23)(H,21,22). The summed E-state index contributed by atoms with van der Waals surface area (Å²) in [5, 5.41) is 5.53. The van der Waals surface area contributed by atoms with Crippen molar-refractivity contribution in [2.75, 3.05) is 13.1 Å². The Labute approximate surface area is 139 Å². The van der Waals surface area contributed by atoms with Crippen molar-refractivity contribution in [3.05, 3.63) is 23.2 Å². The van der Waals surface area contributed by atoms with Gasteiger partial charge in [0.2, 0.25) is 5.92 Å². The summed E-state index contributed by atoms with van der Waals surface area (Å²) in [6.45, 7) is 0.979. The van der Waals surface area contributed by atoms with E-state index in [9.17, 15) is 18.4 Å². The minimum Gasteiger partial charge on any atom is -0.468 e. The second-order valence-corrected chi connectivity index (χ2v) is 6.65. The zero-order chi connectivity index (χ0) is 17.2. The van der Waals surface area contributed by atoms with Crippen molar-refractivity contribution >= 4 is 11.8 Å². The molecule has 0 unspecified atom stereocenters. The Kier molecular flexibility index (Phi) is 4.87. The highest BCUT2D eigenvalue weighted by molar-refractivity contribution is 6.07. The fourth-order valence-electron chi connectivity index (χ4n) is 3.41. The number of fused-ring (bicyclic) bond motifs is 1. The third-order valence-electron chi connectivity index (χ3n) is 4.88. The predicted molar refractivity (Wildman–Crippen MR) is 83.2 cm³/mol. The second-order valence-electron chi connectivity index (χ2n) is 6.65. The molecule has 7 heteroatoms. The van der Waals surface area contributed by atoms with E-state index in [1.54, 1.807) is 0 Å². The van der Waals surface area contributed by atoms with Gasteiger partial charge in [-0.15, -0.1) is 0 Å². The van der Waals surface area contributed by atoms with Gasteiger partial charge >= 0.3 is 0 Å². The van der Waals surface area contributed by atoms with E-state index >= 15 is 0 Å². The van der Waals surface area contributed by atoms with Crippen LogP contribution >= 0.6 is 0 Å². The van der Waals surface area contributed by atoms with Crippen LogP contribution in [-0.4, -0.2) is 30.8 Å². The lowest BCUT2D eigenvalue weighted by atomic mass is 9.85. The third kappa shape index (κ3) is 3.76. The van der Waals surface area contributed by atoms with E-state index in [0.29, 0.717) is 50.1 Å². The maximum absolute atomic E-state index is 13.1. The Balaban J connectivity index is 1.53. The van der Waals surface area contributed by atoms with Gasteiger partial charge in [0.15, 0.2) is 0 Å². The van der Waals surface area contributed by atoms with Crippen molar-refractivity contribution in [3.63, 3.8) is 0 Å². The average molecular weight is 340 g/mol. The smallest absolute Gasteiger partial charge is 0.255 e. The maximum atomic E-state index is 13.1. The summed E-state index contributed by atoms with van der Waals surface area (Å²) in [7, 11) is 0. The van der Waals surface area contributed by atoms with Crippen LogP contribution in [0.2, 0.25) is 0 Å². The molecule has 3 rings (SSSR count). The van der Waals surface area contributed by atoms with Gasteiger partial charge in [0.25, 0.3) is 11.8 Å². The number of furan rings is 1. The lowest BCUT2D eigenvalue weighted by Crippen LogP contribution is -2.31. The second kappa shape index (κ2) is 6.91. The molecular weight excluding hydrogens is 318 g/mol. The van der Waals surface area contributed by atoms with E-state index in [1.165, 1.54) is 6.26 Å². The van der Waals surface area contributed by atoms with Gasteiger partial charge in [-0.05, 0) is 31.6 Å². The van der Waals surface area contributed by atoms with E-state index in [-0.39, 0.29) is 36.1 Å². The largest absolute Gasteiger partial charge is 0.468 e. The van der Waals surface area contributed by atoms with Gasteiger partial charge in [0.1, 0.15) is 12.0 Å². The molecular formula is C17H22F2N2O3. The van der Waals surface area contributed by atoms with Crippen LogP contribution < -0.4 is 10.6 Å². The van der Waals surface area contributed by atoms with Crippen LogP contribution in [0, 0.1) is 5.92 Å². The summed E-state index contributed by atoms with van der Waals surface area (Å²) in [6, 6.07) is 0. The first-order chi connectivity index (χ1) is 11.5. The Morgan fingerprint density at radius 3 is 2.88 bits per heavy atom. The van der Waals surface area contributed by atoms with Crippen LogP contribution in [0.15, 0.2) is 10.7 Å². The van der Waals surface area contributed by atoms with E-state index < -0.39 is 5.92 Å². The number of halogens is 2. The molecule has 0 atom stereocenters. The highest BCUT2D eigenvalue weighted by Gasteiger charge is 2.34. The number of amides is 2. The molecule has 0 bridgehead atoms. The van der Waals surface area contributed by atoms with Crippen molar-refractivity contribution in [2.24, 2.45) is 5.92 Å². The van der Waals surface area contributed by atoms with Crippen molar-refractivity contribution in [2.45, 2.75) is 50.9 Å². The first-order valence-electron chi connectivity index (χ1n) is 8.51. The molecule has 1 aliphatic heterocycles. The Morgan fingerprint density at radius 2 is 2.12 bits per heavy atom. The van der Waals surface area contributed by atoms with Crippen molar-refractivity contribution in [3.8, 4) is 0 Å². The minimum atomic E-state index is -2.53. The lowest BCUT2D eigenvalue weighted by Gasteiger charge is -2.28. The monoisotopic (exact) mass is 340 g/mol. The molecule has 0 saturated heterocycles. The summed E-state index contributed by atoms with van der Waals surface area (Å²) in [5.74, 6) is -2.39. The molecule has 0 spiro atoms. The summed E-state index contributed by atoms with van der Waals surface area (Å²) in [4.78, 5) is 24.4. The first kappa shape index (κ1) is 16.9. The van der Waals surface area contributed by atoms with Gasteiger partial charge in [0, 0.05) is 32.4 Å². The molecule has 132 valence electrons. The summed E-state index contributed by atoms with van der Waals surface area (Å²) >= 11 is 0. The number of rotatable bonds is 4. The van der Waals surface area contributed by atoms with E-state index in [0.717, 1.165) is 6.42 Å². The van der Waals surface area contributed by atoms with Gasteiger partial charge in [-0.25, -0.2) is 8.78 Å². The van der Waals surface area contributed by atoms with Gasteiger partial charge in [-0.3, -0.25) is 9.59 Å². The molecule has 1 saturated carbocycles. The van der Waals surface area contributed by atoms with Crippen LogP contribution in [0.25, 0.3) is 0 Å². The fraction of sp³-hybridized carbons (Fsp3) is 0.647. The number of aryl methyl sites for hydroxylation is 1. The molecule has 1 aliphatic carbocycles. The fourth-order valence-corrected chi connectivity index (χ4v) is 3.41. The normalized spacial score (nSPS) is 20.8. The van der Waals surface area contributed by atoms with Crippen molar-refractivity contribution in [1.82, 2.24) is 10.6 Å². The summed E-state index contributed by atoms with van der Waals surface area (Å²) in [5.41, 5.74) is 0.571. The molecule has 2 amide bonds. The van der Waals surface area contributed by atoms with Crippen molar-refractivity contribution in [1.29, 1.82) is 0 Å². The molecule has 1 fully saturated rings. The summed E-state index contributed by atoms with van der Waals surface area (Å²) < 4.78 is 31.6. The molecule has 1 aromatic heterocycles. The highest BCUT2D eigenvalue weighted by Crippen LogP contribution is 2.37. The topological polar surface area (TPSA) is 71.3 Å². The molecule has 2 heterocycles. The summed E-state index contributed by atoms with van der Waals surface area (Å²) in [6.07, 6.45) is 4.25. The number of carbonyl (C=O) groups is 2. The molecule has 1 aromatic rings. The van der Waals surface area contributed by atoms with Crippen LogP contribution in [0.4, 0.5) is 8.78 Å². The third-order valence-corrected chi connectivity index (χ3v) is 4.88. The number of alkyl halides is 2. The van der Waals surface area contributed by atoms with E-state index in [4.69, 9.17) is 4.42 Å². The average Bonchev–Trinajstić information content (AvgIpc) is 2.88. The molecule has 0 radical (unpaired) electrons. The molecule has 2 N–H and O–H groups in total. The van der Waals surface area contributed by atoms with Crippen molar-refractivity contribution < 1.29 is 22.8 Å². The van der Waals surface area contributed by atoms with E-state index in [2.05, 4.69) is 10.6 Å². The number of hydrogen-bond donors (Lipinski definition) is 2. The van der Waals surface area contributed by atoms with Crippen LogP contribution in [-0.2, 0) is 6.42 Å². The molecule has 2 aliphatic rings. The molecule has 24 heavy (non-hydrogen) atoms. The highest BCUT2D eigenvalue weighted by atomic mass is 19.3. The number of nitrogens with one attached hydrogen (secondary N) is 2. The SMILES string of the molecule is O=C(NCCC1CCC(F)(F)CC1)c1coc2c1C(=O)NCCC2. The van der Waals surface area contributed by atoms with Gasteiger partial charge < -0.3 is 15.1 Å². The molecule has 5 nitrogen and oxygen atoms in total. The van der Waals surface area contributed by atoms with E-state index in [1.807, 2.05) is 0 Å². The maximum Gasteiger partial charge on any atom is 0.255 e. The zero-order valence-corrected chi connectivity index (χ0v) is 13.5. The van der Waals surface area contributed by atoms with Crippen LogP contribution in [0.3, 0.4) is 0 Å². The lowest BCUT2D eigenvalue weighted by molar-refractivity contribution is -0.0464. The Bertz CT molecular complexity index is 617. The Morgan fingerprint density at radius 1 is 1.38 bits per heavy atom. The quantitative estimate of drug-likeness (QED) is 0.885. The van der Waals surface area contributed by atoms with Gasteiger partial charge in [-0.1, -0.05) is 0 Å².